The minimum absolute atomic E-state index is 0.00396. The second-order valence-corrected chi connectivity index (χ2v) is 8.48. The largest absolute Gasteiger partial charge is 0.299 e. The second-order valence-electron chi connectivity index (χ2n) is 8.48. The van der Waals surface area contributed by atoms with Crippen LogP contribution in [-0.4, -0.2) is 5.78 Å². The molecule has 0 N–H and O–H groups in total. The third-order valence-electron chi connectivity index (χ3n) is 5.46. The first-order valence-electron chi connectivity index (χ1n) is 6.70. The number of hydrogen-bond acceptors (Lipinski definition) is 1. The summed E-state index contributed by atoms with van der Waals surface area (Å²) in [5.41, 5.74) is 1.16. The van der Waals surface area contributed by atoms with Gasteiger partial charge in [-0.1, -0.05) is 27.7 Å². The van der Waals surface area contributed by atoms with Crippen LogP contribution in [0.3, 0.4) is 0 Å². The molecule has 4 aliphatic carbocycles. The lowest BCUT2D eigenvalue weighted by atomic mass is 9.47. The summed E-state index contributed by atoms with van der Waals surface area (Å²) >= 11 is 0. The Kier molecular flexibility index (Phi) is 1.73. The summed E-state index contributed by atoms with van der Waals surface area (Å²) in [6.45, 7) is 9.46. The van der Waals surface area contributed by atoms with Crippen molar-refractivity contribution in [2.45, 2.75) is 66.2 Å². The highest BCUT2D eigenvalue weighted by Crippen LogP contribution is 2.69. The Labute approximate surface area is 99.0 Å². The van der Waals surface area contributed by atoms with Gasteiger partial charge in [0.1, 0.15) is 5.78 Å². The molecule has 2 unspecified atom stereocenters. The molecule has 0 spiro atoms. The number of carbonyl (C=O) groups is 1. The van der Waals surface area contributed by atoms with E-state index in [2.05, 4.69) is 27.7 Å². The van der Waals surface area contributed by atoms with Crippen LogP contribution in [0.15, 0.2) is 0 Å². The zero-order valence-corrected chi connectivity index (χ0v) is 11.2. The maximum Gasteiger partial charge on any atom is 0.139 e. The Bertz CT molecular complexity index is 350. The van der Waals surface area contributed by atoms with E-state index in [0.29, 0.717) is 22.0 Å². The Balaban J connectivity index is 2.16. The van der Waals surface area contributed by atoms with Gasteiger partial charge in [-0.25, -0.2) is 0 Å². The van der Waals surface area contributed by atoms with Crippen molar-refractivity contribution in [1.82, 2.24) is 0 Å². The van der Waals surface area contributed by atoms with E-state index in [1.54, 1.807) is 0 Å². The molecular formula is C15H24O. The summed E-state index contributed by atoms with van der Waals surface area (Å²) in [6, 6.07) is 0. The fraction of sp³-hybridized carbons (Fsp3) is 0.933. The third kappa shape index (κ3) is 1.33. The van der Waals surface area contributed by atoms with Crippen LogP contribution < -0.4 is 0 Å². The zero-order valence-electron chi connectivity index (χ0n) is 11.2. The van der Waals surface area contributed by atoms with Gasteiger partial charge in [0, 0.05) is 11.8 Å². The van der Waals surface area contributed by atoms with E-state index in [0.717, 1.165) is 19.3 Å². The predicted octanol–water partition coefficient (Wildman–Crippen LogP) is 3.96. The maximum atomic E-state index is 12.5. The van der Waals surface area contributed by atoms with E-state index in [9.17, 15) is 4.79 Å². The van der Waals surface area contributed by atoms with Gasteiger partial charge in [-0.2, -0.15) is 0 Å². The van der Waals surface area contributed by atoms with Crippen molar-refractivity contribution in [3.05, 3.63) is 0 Å². The van der Waals surface area contributed by atoms with Crippen LogP contribution in [0, 0.1) is 21.7 Å². The van der Waals surface area contributed by atoms with Gasteiger partial charge in [-0.3, -0.25) is 4.79 Å². The van der Waals surface area contributed by atoms with Crippen molar-refractivity contribution in [1.29, 1.82) is 0 Å². The van der Waals surface area contributed by atoms with Crippen LogP contribution in [0.5, 0.6) is 0 Å². The molecule has 0 radical (unpaired) electrons. The zero-order chi connectivity index (χ0) is 11.8. The van der Waals surface area contributed by atoms with Crippen LogP contribution in [0.25, 0.3) is 0 Å². The van der Waals surface area contributed by atoms with E-state index in [-0.39, 0.29) is 5.41 Å². The minimum atomic E-state index is -0.00396. The van der Waals surface area contributed by atoms with E-state index in [1.807, 2.05) is 0 Å². The van der Waals surface area contributed by atoms with Crippen molar-refractivity contribution < 1.29 is 4.79 Å². The molecule has 4 saturated carbocycles. The van der Waals surface area contributed by atoms with Crippen molar-refractivity contribution in [2.75, 3.05) is 0 Å². The summed E-state index contributed by atoms with van der Waals surface area (Å²) in [5.74, 6) is 0.558. The Hall–Kier alpha value is -0.330. The highest BCUT2D eigenvalue weighted by atomic mass is 16.1. The molecule has 16 heavy (non-hydrogen) atoms. The number of ketones is 1. The van der Waals surface area contributed by atoms with Crippen molar-refractivity contribution >= 4 is 5.78 Å². The molecule has 0 saturated heterocycles. The number of Topliss-reactive ketones (excluding diaryl/α,β-unsaturated/α-hetero) is 1. The van der Waals surface area contributed by atoms with Gasteiger partial charge in [0.05, 0.1) is 0 Å². The molecule has 1 nitrogen and oxygen atoms in total. The van der Waals surface area contributed by atoms with Crippen LogP contribution >= 0.6 is 0 Å². The molecule has 4 aliphatic rings. The van der Waals surface area contributed by atoms with E-state index < -0.39 is 0 Å². The monoisotopic (exact) mass is 220 g/mol. The Morgan fingerprint density at radius 2 is 1.19 bits per heavy atom. The average molecular weight is 220 g/mol. The SMILES string of the molecule is CC12CC(=O)C3(C)C[C@](C)(C1)C[C@](C)(C2)C3. The van der Waals surface area contributed by atoms with Gasteiger partial charge in [0.15, 0.2) is 0 Å². The summed E-state index contributed by atoms with van der Waals surface area (Å²) in [4.78, 5) is 12.5. The Morgan fingerprint density at radius 1 is 0.750 bits per heavy atom. The molecule has 0 aromatic carbocycles. The maximum absolute atomic E-state index is 12.5. The fourth-order valence-electron chi connectivity index (χ4n) is 6.40. The van der Waals surface area contributed by atoms with Gasteiger partial charge in [0.25, 0.3) is 0 Å². The van der Waals surface area contributed by atoms with Gasteiger partial charge < -0.3 is 0 Å². The molecule has 0 aromatic heterocycles. The lowest BCUT2D eigenvalue weighted by Gasteiger charge is -2.57. The molecule has 0 heterocycles. The normalized spacial score (nSPS) is 60.1. The molecular weight excluding hydrogens is 196 g/mol. The molecule has 4 bridgehead atoms. The lowest BCUT2D eigenvalue weighted by Crippen LogP contribution is -2.48. The molecule has 0 aliphatic heterocycles. The highest BCUT2D eigenvalue weighted by Gasteiger charge is 2.61. The molecule has 90 valence electrons. The number of rotatable bonds is 0. The van der Waals surface area contributed by atoms with Gasteiger partial charge in [0.2, 0.25) is 0 Å². The first-order chi connectivity index (χ1) is 7.16. The average Bonchev–Trinajstić information content (AvgIpc) is 2.01. The van der Waals surface area contributed by atoms with E-state index in [1.165, 1.54) is 19.3 Å². The summed E-state index contributed by atoms with van der Waals surface area (Å²) in [6.07, 6.45) is 7.02. The molecule has 4 rings (SSSR count). The van der Waals surface area contributed by atoms with Crippen molar-refractivity contribution in [2.24, 2.45) is 21.7 Å². The molecule has 1 heteroatoms. The summed E-state index contributed by atoms with van der Waals surface area (Å²) < 4.78 is 0. The molecule has 0 aromatic rings. The number of fused-ring (bicyclic) bond motifs is 1. The molecule has 4 fully saturated rings. The number of hydrogen-bond donors (Lipinski definition) is 0. The van der Waals surface area contributed by atoms with Crippen LogP contribution in [-0.2, 0) is 4.79 Å². The van der Waals surface area contributed by atoms with Crippen LogP contribution in [0.2, 0.25) is 0 Å². The van der Waals surface area contributed by atoms with E-state index >= 15 is 0 Å². The van der Waals surface area contributed by atoms with Gasteiger partial charge >= 0.3 is 0 Å². The first kappa shape index (κ1) is 10.8. The standard InChI is InChI=1S/C15H24O/c1-12-5-11(16)15(4)9-13(2,6-12)8-14(3,7-12)10-15/h5-10H2,1-4H3/t12?,13-,14+,15?. The predicted molar refractivity (Wildman–Crippen MR) is 65.1 cm³/mol. The fourth-order valence-corrected chi connectivity index (χ4v) is 6.40. The smallest absolute Gasteiger partial charge is 0.139 e. The summed E-state index contributed by atoms with van der Waals surface area (Å²) in [7, 11) is 0. The van der Waals surface area contributed by atoms with Crippen molar-refractivity contribution in [3.8, 4) is 0 Å². The minimum Gasteiger partial charge on any atom is -0.299 e. The third-order valence-corrected chi connectivity index (χ3v) is 5.46. The van der Waals surface area contributed by atoms with Gasteiger partial charge in [-0.05, 0) is 48.3 Å². The quantitative estimate of drug-likeness (QED) is 0.604. The first-order valence-corrected chi connectivity index (χ1v) is 6.70. The summed E-state index contributed by atoms with van der Waals surface area (Å²) in [5, 5.41) is 0. The molecule has 4 atom stereocenters. The van der Waals surface area contributed by atoms with Crippen molar-refractivity contribution in [3.63, 3.8) is 0 Å². The second kappa shape index (κ2) is 2.57. The van der Waals surface area contributed by atoms with Crippen LogP contribution in [0.1, 0.15) is 66.2 Å². The van der Waals surface area contributed by atoms with Crippen LogP contribution in [0.4, 0.5) is 0 Å². The molecule has 0 amide bonds. The number of carbonyl (C=O) groups excluding carboxylic acids is 1. The Morgan fingerprint density at radius 3 is 1.69 bits per heavy atom. The van der Waals surface area contributed by atoms with Gasteiger partial charge in [-0.15, -0.1) is 0 Å². The van der Waals surface area contributed by atoms with E-state index in [4.69, 9.17) is 0 Å². The topological polar surface area (TPSA) is 17.1 Å². The lowest BCUT2D eigenvalue weighted by molar-refractivity contribution is -0.133. The highest BCUT2D eigenvalue weighted by molar-refractivity contribution is 5.86.